The van der Waals surface area contributed by atoms with E-state index in [1.165, 1.54) is 11.8 Å². The first-order valence-electron chi connectivity index (χ1n) is 21.1. The van der Waals surface area contributed by atoms with Gasteiger partial charge in [0.05, 0.1) is 6.04 Å². The van der Waals surface area contributed by atoms with Crippen LogP contribution in [-0.4, -0.2) is 107 Å². The third-order valence-corrected chi connectivity index (χ3v) is 11.9. The number of benzene rings is 1. The van der Waals surface area contributed by atoms with E-state index in [1.54, 1.807) is 43.6 Å². The van der Waals surface area contributed by atoms with Crippen LogP contribution in [0.4, 0.5) is 0 Å². The maximum Gasteiger partial charge on any atom is 0.307 e. The van der Waals surface area contributed by atoms with Gasteiger partial charge < -0.3 is 30.1 Å². The maximum atomic E-state index is 14.8. The van der Waals surface area contributed by atoms with Gasteiger partial charge in [-0.05, 0) is 75.2 Å². The lowest BCUT2D eigenvalue weighted by Crippen LogP contribution is -2.59. The number of likely N-dealkylation sites (tertiary alicyclic amines) is 1. The Morgan fingerprint density at radius 2 is 1.72 bits per heavy atom. The number of likely N-dealkylation sites (N-methyl/N-ethyl adjacent to an activating group) is 1. The zero-order valence-corrected chi connectivity index (χ0v) is 37.6. The number of phenolic OH excluding ortho intramolecular Hbond substituents is 1. The van der Waals surface area contributed by atoms with Crippen molar-refractivity contribution < 1.29 is 43.3 Å². The molecule has 2 aromatic rings. The van der Waals surface area contributed by atoms with Crippen LogP contribution in [0.3, 0.4) is 0 Å². The highest BCUT2D eigenvalue weighted by atomic mass is 32.1. The van der Waals surface area contributed by atoms with Crippen LogP contribution in [-0.2, 0) is 39.9 Å². The number of phenols is 1. The molecule has 1 aromatic heterocycles. The van der Waals surface area contributed by atoms with Gasteiger partial charge in [-0.2, -0.15) is 0 Å². The molecule has 16 nitrogen and oxygen atoms in total. The Kier molecular flexibility index (Phi) is 20.4. The van der Waals surface area contributed by atoms with Gasteiger partial charge in [0.1, 0.15) is 22.5 Å². The lowest BCUT2D eigenvalue weighted by molar-refractivity contribution is -0.160. The second-order valence-corrected chi connectivity index (χ2v) is 17.1. The van der Waals surface area contributed by atoms with E-state index >= 15 is 0 Å². The van der Waals surface area contributed by atoms with Crippen LogP contribution in [0.15, 0.2) is 29.6 Å². The fourth-order valence-electron chi connectivity index (χ4n) is 7.33. The SMILES string of the molecule is CCCC(=O)OCN(C(=O)C(NC(=O)[C@H]1CCCCN1C)C(C)CC)C(C[C@@H](OC(C)=O)c1nc(C(=O)N[C@@H](Cc2ccc(O)cc2)C[C@H](C)C(=O)NNC)cs1)C(C)C. The van der Waals surface area contributed by atoms with E-state index in [0.29, 0.717) is 37.1 Å². The predicted molar refractivity (Wildman–Crippen MR) is 228 cm³/mol. The molecule has 1 aromatic carbocycles. The van der Waals surface area contributed by atoms with Crippen LogP contribution in [0, 0.1) is 17.8 Å². The molecule has 60 heavy (non-hydrogen) atoms. The van der Waals surface area contributed by atoms with Gasteiger partial charge in [0.2, 0.25) is 17.7 Å². The van der Waals surface area contributed by atoms with Crippen LogP contribution in [0.1, 0.15) is 127 Å². The van der Waals surface area contributed by atoms with Crippen molar-refractivity contribution >= 4 is 46.9 Å². The summed E-state index contributed by atoms with van der Waals surface area (Å²) in [5.74, 6) is -3.35. The fraction of sp³-hybridized carbons (Fsp3) is 0.651. The molecule has 1 aliphatic rings. The predicted octanol–water partition coefficient (Wildman–Crippen LogP) is 4.63. The summed E-state index contributed by atoms with van der Waals surface area (Å²) in [6.45, 7) is 12.9. The van der Waals surface area contributed by atoms with E-state index in [0.717, 1.165) is 36.3 Å². The summed E-state index contributed by atoms with van der Waals surface area (Å²) in [4.78, 5) is 88.3. The minimum atomic E-state index is -0.992. The third-order valence-electron chi connectivity index (χ3n) is 11.0. The second-order valence-electron chi connectivity index (χ2n) is 16.2. The zero-order chi connectivity index (χ0) is 44.5. The van der Waals surface area contributed by atoms with Crippen molar-refractivity contribution in [2.24, 2.45) is 17.8 Å². The Labute approximate surface area is 358 Å². The van der Waals surface area contributed by atoms with E-state index in [2.05, 4.69) is 26.5 Å². The molecule has 0 aliphatic carbocycles. The number of hydrazine groups is 1. The van der Waals surface area contributed by atoms with E-state index in [1.807, 2.05) is 46.6 Å². The number of nitrogens with one attached hydrogen (secondary N) is 4. The minimum Gasteiger partial charge on any atom is -0.508 e. The summed E-state index contributed by atoms with van der Waals surface area (Å²) < 4.78 is 11.5. The number of nitrogens with zero attached hydrogens (tertiary/aromatic N) is 3. The van der Waals surface area contributed by atoms with Crippen molar-refractivity contribution in [1.29, 1.82) is 0 Å². The number of hydrogen-bond acceptors (Lipinski definition) is 13. The van der Waals surface area contributed by atoms with Gasteiger partial charge in [-0.1, -0.05) is 66.5 Å². The molecular formula is C43H67N7O9S. The first-order chi connectivity index (χ1) is 28.5. The summed E-state index contributed by atoms with van der Waals surface area (Å²) in [5.41, 5.74) is 6.12. The smallest absolute Gasteiger partial charge is 0.307 e. The topological polar surface area (TPSA) is 209 Å². The van der Waals surface area contributed by atoms with Crippen LogP contribution >= 0.6 is 11.3 Å². The number of ether oxygens (including phenoxy) is 2. The van der Waals surface area contributed by atoms with Crippen molar-refractivity contribution in [3.8, 4) is 5.75 Å². The number of aromatic nitrogens is 1. The van der Waals surface area contributed by atoms with Gasteiger partial charge in [0, 0.05) is 50.2 Å². The summed E-state index contributed by atoms with van der Waals surface area (Å²) >= 11 is 1.12. The van der Waals surface area contributed by atoms with Gasteiger partial charge in [-0.15, -0.1) is 11.3 Å². The van der Waals surface area contributed by atoms with E-state index < -0.39 is 53.9 Å². The number of amides is 4. The molecule has 1 fully saturated rings. The van der Waals surface area contributed by atoms with Crippen molar-refractivity contribution in [3.05, 3.63) is 45.9 Å². The number of hydrogen-bond donors (Lipinski definition) is 5. The second kappa shape index (κ2) is 24.6. The van der Waals surface area contributed by atoms with Crippen LogP contribution in [0.5, 0.6) is 5.75 Å². The quantitative estimate of drug-likeness (QED) is 0.0589. The molecule has 334 valence electrons. The van der Waals surface area contributed by atoms with E-state index in [4.69, 9.17) is 9.47 Å². The molecule has 4 amide bonds. The van der Waals surface area contributed by atoms with E-state index in [9.17, 15) is 33.9 Å². The van der Waals surface area contributed by atoms with Gasteiger partial charge in [0.25, 0.3) is 5.91 Å². The van der Waals surface area contributed by atoms with Crippen LogP contribution < -0.4 is 21.5 Å². The molecule has 0 saturated carbocycles. The molecule has 1 aliphatic heterocycles. The van der Waals surface area contributed by atoms with Gasteiger partial charge in [-0.25, -0.2) is 10.4 Å². The fourth-order valence-corrected chi connectivity index (χ4v) is 8.16. The summed E-state index contributed by atoms with van der Waals surface area (Å²) in [6.07, 6.45) is 3.61. The number of esters is 2. The maximum absolute atomic E-state index is 14.8. The molecule has 0 radical (unpaired) electrons. The normalized spacial score (nSPS) is 17.3. The molecule has 2 heterocycles. The lowest BCUT2D eigenvalue weighted by Gasteiger charge is -2.39. The average molecular weight is 858 g/mol. The molecule has 0 bridgehead atoms. The molecule has 3 rings (SSSR count). The Morgan fingerprint density at radius 3 is 2.32 bits per heavy atom. The molecule has 1 saturated heterocycles. The zero-order valence-electron chi connectivity index (χ0n) is 36.7. The van der Waals surface area contributed by atoms with Crippen molar-refractivity contribution in [2.45, 2.75) is 137 Å². The number of carbonyl (C=O) groups is 6. The highest BCUT2D eigenvalue weighted by Gasteiger charge is 2.39. The largest absolute Gasteiger partial charge is 0.508 e. The number of piperidine rings is 1. The van der Waals surface area contributed by atoms with Crippen molar-refractivity contribution in [1.82, 2.24) is 36.3 Å². The number of aromatic hydroxyl groups is 1. The average Bonchev–Trinajstić information content (AvgIpc) is 3.70. The van der Waals surface area contributed by atoms with Crippen LogP contribution in [0.25, 0.3) is 0 Å². The monoisotopic (exact) mass is 857 g/mol. The van der Waals surface area contributed by atoms with Crippen molar-refractivity contribution in [3.63, 3.8) is 0 Å². The van der Waals surface area contributed by atoms with Gasteiger partial charge in [0.15, 0.2) is 12.8 Å². The Bertz CT molecular complexity index is 1720. The molecule has 7 atom stereocenters. The highest BCUT2D eigenvalue weighted by molar-refractivity contribution is 7.09. The first kappa shape index (κ1) is 49.8. The van der Waals surface area contributed by atoms with Gasteiger partial charge >= 0.3 is 11.9 Å². The number of rotatable bonds is 23. The molecule has 0 spiro atoms. The Balaban J connectivity index is 1.95. The standard InChI is InChI=1S/C43H67N7O9S/c1-10-14-37(53)58-25-50(43(57)38(27(5)11-2)47-41(56)34-15-12-13-20-49(34)9)35(26(3)4)23-36(59-29(7)51)42-46-33(24-60-42)40(55)45-31(21-28(6)39(54)48-44-8)22-30-16-18-32(52)19-17-30/h16-19,24,26-28,31,34-36,38,44,52H,10-15,20-23,25H2,1-9H3,(H,45,55)(H,47,56)(H,48,54)/t27?,28-,31+,34+,35?,36+,38?/m0/s1. The molecule has 3 unspecified atom stereocenters. The number of carbonyl (C=O) groups excluding carboxylic acids is 6. The third kappa shape index (κ3) is 15.1. The molecule has 5 N–H and O–H groups in total. The number of thiazole rings is 1. The van der Waals surface area contributed by atoms with Crippen molar-refractivity contribution in [2.75, 3.05) is 27.4 Å². The van der Waals surface area contributed by atoms with E-state index in [-0.39, 0.29) is 60.7 Å². The summed E-state index contributed by atoms with van der Waals surface area (Å²) in [7, 11) is 3.49. The highest BCUT2D eigenvalue weighted by Crippen LogP contribution is 2.32. The Hall–Kier alpha value is -4.61. The molecule has 17 heteroatoms. The Morgan fingerprint density at radius 1 is 1.02 bits per heavy atom. The summed E-state index contributed by atoms with van der Waals surface area (Å²) in [5, 5.41) is 17.7. The van der Waals surface area contributed by atoms with Crippen LogP contribution in [0.2, 0.25) is 0 Å². The van der Waals surface area contributed by atoms with Gasteiger partial charge in [-0.3, -0.25) is 39.1 Å². The minimum absolute atomic E-state index is 0.0526. The summed E-state index contributed by atoms with van der Waals surface area (Å²) in [6, 6.07) is 4.14. The first-order valence-corrected chi connectivity index (χ1v) is 22.0. The molecular weight excluding hydrogens is 791 g/mol. The lowest BCUT2D eigenvalue weighted by atomic mass is 9.92.